The Kier molecular flexibility index (Phi) is 6.01. The van der Waals surface area contributed by atoms with Crippen molar-refractivity contribution in [2.24, 2.45) is 5.92 Å². The Morgan fingerprint density at radius 3 is 2.77 bits per heavy atom. The van der Waals surface area contributed by atoms with Gasteiger partial charge in [-0.3, -0.25) is 4.68 Å². The lowest BCUT2D eigenvalue weighted by molar-refractivity contribution is 0.271. The zero-order chi connectivity index (χ0) is 15.9. The van der Waals surface area contributed by atoms with Gasteiger partial charge in [-0.25, -0.2) is 0 Å². The summed E-state index contributed by atoms with van der Waals surface area (Å²) >= 11 is 0. The van der Waals surface area contributed by atoms with Gasteiger partial charge in [-0.05, 0) is 37.5 Å². The van der Waals surface area contributed by atoms with Crippen LogP contribution in [0.3, 0.4) is 0 Å². The maximum atomic E-state index is 5.77. The van der Waals surface area contributed by atoms with E-state index in [4.69, 9.17) is 4.74 Å². The van der Waals surface area contributed by atoms with Crippen LogP contribution in [0.1, 0.15) is 37.6 Å². The second kappa shape index (κ2) is 7.99. The average molecular weight is 301 g/mol. The number of hydrogen-bond acceptors (Lipinski definition) is 3. The molecule has 0 unspecified atom stereocenters. The molecule has 1 heterocycles. The van der Waals surface area contributed by atoms with Crippen molar-refractivity contribution in [1.82, 2.24) is 15.1 Å². The molecule has 0 saturated carbocycles. The van der Waals surface area contributed by atoms with Crippen molar-refractivity contribution in [2.45, 2.75) is 47.3 Å². The lowest BCUT2D eigenvalue weighted by Crippen LogP contribution is -2.13. The minimum absolute atomic E-state index is 0.542. The molecule has 0 aliphatic carbocycles. The summed E-state index contributed by atoms with van der Waals surface area (Å²) in [4.78, 5) is 0. The molecule has 0 aliphatic heterocycles. The first kappa shape index (κ1) is 16.6. The van der Waals surface area contributed by atoms with Crippen molar-refractivity contribution in [1.29, 1.82) is 0 Å². The highest BCUT2D eigenvalue weighted by atomic mass is 16.5. The van der Waals surface area contributed by atoms with Gasteiger partial charge in [0, 0.05) is 30.9 Å². The fraction of sp³-hybridized carbons (Fsp3) is 0.500. The molecule has 2 rings (SSSR count). The topological polar surface area (TPSA) is 39.1 Å². The Morgan fingerprint density at radius 1 is 1.27 bits per heavy atom. The Labute approximate surface area is 133 Å². The molecule has 0 bridgehead atoms. The van der Waals surface area contributed by atoms with Gasteiger partial charge in [-0.2, -0.15) is 5.10 Å². The number of nitrogens with one attached hydrogen (secondary N) is 1. The molecule has 0 atom stereocenters. The van der Waals surface area contributed by atoms with Crippen LogP contribution in [0.15, 0.2) is 30.5 Å². The van der Waals surface area contributed by atoms with Gasteiger partial charge in [0.1, 0.15) is 5.75 Å². The molecule has 2 aromatic rings. The molecular formula is C18H27N3O. The lowest BCUT2D eigenvalue weighted by atomic mass is 10.2. The minimum atomic E-state index is 0.542. The van der Waals surface area contributed by atoms with Gasteiger partial charge in [0.2, 0.25) is 0 Å². The van der Waals surface area contributed by atoms with E-state index in [0.29, 0.717) is 5.92 Å². The third-order valence-electron chi connectivity index (χ3n) is 3.63. The van der Waals surface area contributed by atoms with Crippen LogP contribution in [0.25, 0.3) is 0 Å². The fourth-order valence-electron chi connectivity index (χ4n) is 2.33. The van der Waals surface area contributed by atoms with Crippen LogP contribution in [-0.2, 0) is 19.6 Å². The molecule has 120 valence electrons. The van der Waals surface area contributed by atoms with Gasteiger partial charge >= 0.3 is 0 Å². The first-order chi connectivity index (χ1) is 10.6. The highest BCUT2D eigenvalue weighted by Gasteiger charge is 2.05. The van der Waals surface area contributed by atoms with Gasteiger partial charge in [0.15, 0.2) is 0 Å². The maximum Gasteiger partial charge on any atom is 0.119 e. The van der Waals surface area contributed by atoms with E-state index in [1.165, 1.54) is 16.8 Å². The van der Waals surface area contributed by atoms with E-state index < -0.39 is 0 Å². The fourth-order valence-corrected chi connectivity index (χ4v) is 2.33. The van der Waals surface area contributed by atoms with E-state index in [9.17, 15) is 0 Å². The summed E-state index contributed by atoms with van der Waals surface area (Å²) in [6.07, 6.45) is 1.95. The average Bonchev–Trinajstić information content (AvgIpc) is 2.86. The van der Waals surface area contributed by atoms with Crippen molar-refractivity contribution in [3.63, 3.8) is 0 Å². The smallest absolute Gasteiger partial charge is 0.119 e. The number of ether oxygens (including phenoxy) is 1. The normalized spacial score (nSPS) is 11.1. The van der Waals surface area contributed by atoms with Crippen molar-refractivity contribution in [3.05, 3.63) is 47.3 Å². The second-order valence-electron chi connectivity index (χ2n) is 6.03. The van der Waals surface area contributed by atoms with E-state index in [2.05, 4.69) is 50.2 Å². The van der Waals surface area contributed by atoms with Crippen LogP contribution in [0.2, 0.25) is 0 Å². The molecule has 0 saturated heterocycles. The van der Waals surface area contributed by atoms with Gasteiger partial charge in [-0.15, -0.1) is 0 Å². The summed E-state index contributed by atoms with van der Waals surface area (Å²) in [5, 5.41) is 7.85. The van der Waals surface area contributed by atoms with E-state index in [1.54, 1.807) is 0 Å². The Bertz CT molecular complexity index is 590. The number of aromatic nitrogens is 2. The molecule has 0 aliphatic rings. The Hall–Kier alpha value is -1.81. The quantitative estimate of drug-likeness (QED) is 0.810. The molecule has 0 spiro atoms. The Balaban J connectivity index is 1.86. The first-order valence-corrected chi connectivity index (χ1v) is 8.04. The largest absolute Gasteiger partial charge is 0.493 e. The molecule has 1 N–H and O–H groups in total. The van der Waals surface area contributed by atoms with Gasteiger partial charge < -0.3 is 10.1 Å². The number of hydrogen-bond donors (Lipinski definition) is 1. The van der Waals surface area contributed by atoms with Crippen LogP contribution in [0.5, 0.6) is 5.75 Å². The van der Waals surface area contributed by atoms with Crippen molar-refractivity contribution < 1.29 is 4.74 Å². The standard InChI is InChI=1S/C18H27N3O/c1-5-21-15(4)17(12-20-21)11-19-10-16-7-6-8-18(9-16)22-13-14(2)3/h6-9,12,14,19H,5,10-11,13H2,1-4H3. The van der Waals surface area contributed by atoms with Crippen molar-refractivity contribution in [3.8, 4) is 5.75 Å². The van der Waals surface area contributed by atoms with Crippen molar-refractivity contribution in [2.75, 3.05) is 6.61 Å². The zero-order valence-electron chi connectivity index (χ0n) is 14.1. The maximum absolute atomic E-state index is 5.77. The first-order valence-electron chi connectivity index (χ1n) is 8.04. The Morgan fingerprint density at radius 2 is 2.09 bits per heavy atom. The molecule has 22 heavy (non-hydrogen) atoms. The third-order valence-corrected chi connectivity index (χ3v) is 3.63. The van der Waals surface area contributed by atoms with Gasteiger partial charge in [0.05, 0.1) is 12.8 Å². The number of rotatable bonds is 8. The van der Waals surface area contributed by atoms with Crippen LogP contribution < -0.4 is 10.1 Å². The second-order valence-corrected chi connectivity index (χ2v) is 6.03. The van der Waals surface area contributed by atoms with Crippen LogP contribution in [0.4, 0.5) is 0 Å². The van der Waals surface area contributed by atoms with Gasteiger partial charge in [-0.1, -0.05) is 26.0 Å². The summed E-state index contributed by atoms with van der Waals surface area (Å²) in [6, 6.07) is 8.30. The molecule has 4 heteroatoms. The third kappa shape index (κ3) is 4.60. The minimum Gasteiger partial charge on any atom is -0.493 e. The monoisotopic (exact) mass is 301 g/mol. The molecule has 0 radical (unpaired) electrons. The molecule has 0 amide bonds. The van der Waals surface area contributed by atoms with E-state index >= 15 is 0 Å². The predicted octanol–water partition coefficient (Wildman–Crippen LogP) is 3.54. The molecule has 0 fully saturated rings. The number of aryl methyl sites for hydroxylation is 1. The molecule has 1 aromatic heterocycles. The van der Waals surface area contributed by atoms with E-state index in [1.807, 2.05) is 23.0 Å². The predicted molar refractivity (Wildman–Crippen MR) is 90.0 cm³/mol. The molecule has 1 aromatic carbocycles. The van der Waals surface area contributed by atoms with Gasteiger partial charge in [0.25, 0.3) is 0 Å². The summed E-state index contributed by atoms with van der Waals surface area (Å²) in [5.41, 5.74) is 3.74. The summed E-state index contributed by atoms with van der Waals surface area (Å²) < 4.78 is 7.79. The summed E-state index contributed by atoms with van der Waals surface area (Å²) in [6.45, 7) is 11.9. The number of nitrogens with zero attached hydrogens (tertiary/aromatic N) is 2. The van der Waals surface area contributed by atoms with Crippen LogP contribution in [-0.4, -0.2) is 16.4 Å². The highest BCUT2D eigenvalue weighted by Crippen LogP contribution is 2.14. The SMILES string of the molecule is CCn1ncc(CNCc2cccc(OCC(C)C)c2)c1C. The van der Waals surface area contributed by atoms with Crippen LogP contribution >= 0.6 is 0 Å². The number of benzene rings is 1. The van der Waals surface area contributed by atoms with E-state index in [-0.39, 0.29) is 0 Å². The van der Waals surface area contributed by atoms with Crippen molar-refractivity contribution >= 4 is 0 Å². The lowest BCUT2D eigenvalue weighted by Gasteiger charge is -2.10. The molecule has 4 nitrogen and oxygen atoms in total. The highest BCUT2D eigenvalue weighted by molar-refractivity contribution is 5.28. The summed E-state index contributed by atoms with van der Waals surface area (Å²) in [7, 11) is 0. The molecular weight excluding hydrogens is 274 g/mol. The van der Waals surface area contributed by atoms with Crippen LogP contribution in [0, 0.1) is 12.8 Å². The van der Waals surface area contributed by atoms with E-state index in [0.717, 1.165) is 32.0 Å². The summed E-state index contributed by atoms with van der Waals surface area (Å²) in [5.74, 6) is 1.49. The zero-order valence-corrected chi connectivity index (χ0v) is 14.1.